The third-order valence-corrected chi connectivity index (χ3v) is 5.99. The largest absolute Gasteiger partial charge is 0.508 e. The molecule has 0 aromatic heterocycles. The number of benzene rings is 2. The van der Waals surface area contributed by atoms with Crippen molar-refractivity contribution in [3.8, 4) is 11.5 Å². The van der Waals surface area contributed by atoms with E-state index < -0.39 is 0 Å². The van der Waals surface area contributed by atoms with Crippen LogP contribution in [0.15, 0.2) is 30.3 Å². The predicted octanol–water partition coefficient (Wildman–Crippen LogP) is 3.39. The zero-order valence-corrected chi connectivity index (χ0v) is 17.5. The zero-order chi connectivity index (χ0) is 21.3. The van der Waals surface area contributed by atoms with Gasteiger partial charge in [0.1, 0.15) is 11.5 Å². The molecule has 1 unspecified atom stereocenters. The topological polar surface area (TPSA) is 84.8 Å². The van der Waals surface area contributed by atoms with Crippen LogP contribution in [0.5, 0.6) is 11.5 Å². The Balaban J connectivity index is 1.69. The number of rotatable bonds is 6. The Kier molecular flexibility index (Phi) is 5.68. The number of hydrogen-bond donors (Lipinski definition) is 4. The maximum Gasteiger partial charge on any atom is 0.251 e. The van der Waals surface area contributed by atoms with Crippen molar-refractivity contribution < 1.29 is 15.0 Å². The number of phenols is 2. The van der Waals surface area contributed by atoms with Gasteiger partial charge in [-0.15, -0.1) is 0 Å². The first kappa shape index (κ1) is 20.3. The Morgan fingerprint density at radius 2 is 2.00 bits per heavy atom. The van der Waals surface area contributed by atoms with Crippen LogP contribution in [-0.2, 0) is 0 Å². The normalized spacial score (nSPS) is 17.3. The standard InChI is InChI=1S/C24H29N3O3/c1-3-25-8-9-26-24(30)16-6-7-18-17(12-16)13-21(27-10-4-5-20(18)27)19-11-15(2)22(28)14-23(19)29/h6-7,11-14,20,25,28-29H,3-5,8-10H2,1-2H3,(H,26,30). The van der Waals surface area contributed by atoms with Crippen LogP contribution in [0.4, 0.5) is 0 Å². The van der Waals surface area contributed by atoms with Crippen LogP contribution in [0, 0.1) is 6.92 Å². The molecule has 1 atom stereocenters. The lowest BCUT2D eigenvalue weighted by Crippen LogP contribution is -2.32. The lowest BCUT2D eigenvalue weighted by atomic mass is 9.90. The molecule has 0 aliphatic carbocycles. The van der Waals surface area contributed by atoms with E-state index in [0.717, 1.165) is 49.3 Å². The molecular weight excluding hydrogens is 378 g/mol. The Hall–Kier alpha value is -2.99. The number of hydrogen-bond acceptors (Lipinski definition) is 5. The minimum Gasteiger partial charge on any atom is -0.508 e. The Labute approximate surface area is 177 Å². The fraction of sp³-hybridized carbons (Fsp3) is 0.375. The molecule has 6 nitrogen and oxygen atoms in total. The molecule has 0 bridgehead atoms. The summed E-state index contributed by atoms with van der Waals surface area (Å²) in [6, 6.07) is 9.37. The van der Waals surface area contributed by atoms with E-state index in [9.17, 15) is 15.0 Å². The second-order valence-electron chi connectivity index (χ2n) is 7.99. The van der Waals surface area contributed by atoms with Gasteiger partial charge in [-0.1, -0.05) is 13.0 Å². The van der Waals surface area contributed by atoms with Gasteiger partial charge in [-0.2, -0.15) is 0 Å². The molecule has 30 heavy (non-hydrogen) atoms. The zero-order valence-electron chi connectivity index (χ0n) is 17.5. The van der Waals surface area contributed by atoms with Gasteiger partial charge in [0.15, 0.2) is 0 Å². The maximum atomic E-state index is 12.6. The van der Waals surface area contributed by atoms with E-state index in [2.05, 4.69) is 27.7 Å². The SMILES string of the molecule is CCNCCNC(=O)c1ccc2c(c1)C=C(c1cc(C)c(O)cc1O)N1CCCC21. The summed E-state index contributed by atoms with van der Waals surface area (Å²) in [5, 5.41) is 26.6. The second-order valence-corrected chi connectivity index (χ2v) is 7.99. The molecule has 1 fully saturated rings. The van der Waals surface area contributed by atoms with Gasteiger partial charge in [0.25, 0.3) is 5.91 Å². The molecule has 0 saturated carbocycles. The molecule has 0 radical (unpaired) electrons. The Bertz CT molecular complexity index is 999. The van der Waals surface area contributed by atoms with E-state index in [1.807, 2.05) is 32.0 Å². The number of carbonyl (C=O) groups is 1. The average Bonchev–Trinajstić information content (AvgIpc) is 3.23. The van der Waals surface area contributed by atoms with Gasteiger partial charge < -0.3 is 25.7 Å². The highest BCUT2D eigenvalue weighted by Gasteiger charge is 2.34. The maximum absolute atomic E-state index is 12.6. The molecule has 1 saturated heterocycles. The summed E-state index contributed by atoms with van der Waals surface area (Å²) in [4.78, 5) is 14.9. The Morgan fingerprint density at radius 1 is 1.17 bits per heavy atom. The van der Waals surface area contributed by atoms with Gasteiger partial charge in [0.2, 0.25) is 0 Å². The van der Waals surface area contributed by atoms with E-state index in [4.69, 9.17) is 0 Å². The monoisotopic (exact) mass is 407 g/mol. The average molecular weight is 408 g/mol. The summed E-state index contributed by atoms with van der Waals surface area (Å²) in [6.45, 7) is 6.99. The molecule has 2 heterocycles. The molecule has 4 rings (SSSR count). The summed E-state index contributed by atoms with van der Waals surface area (Å²) in [5.41, 5.74) is 5.24. The minimum atomic E-state index is -0.0807. The highest BCUT2D eigenvalue weighted by Crippen LogP contribution is 2.46. The highest BCUT2D eigenvalue weighted by atomic mass is 16.3. The van der Waals surface area contributed by atoms with Gasteiger partial charge in [0.05, 0.1) is 6.04 Å². The predicted molar refractivity (Wildman–Crippen MR) is 118 cm³/mol. The molecule has 158 valence electrons. The van der Waals surface area contributed by atoms with Crippen molar-refractivity contribution in [1.29, 1.82) is 0 Å². The van der Waals surface area contributed by atoms with Crippen molar-refractivity contribution in [2.45, 2.75) is 32.7 Å². The van der Waals surface area contributed by atoms with Crippen LogP contribution in [0.25, 0.3) is 11.8 Å². The smallest absolute Gasteiger partial charge is 0.251 e. The van der Waals surface area contributed by atoms with E-state index in [1.54, 1.807) is 0 Å². The first-order valence-electron chi connectivity index (χ1n) is 10.6. The fourth-order valence-electron chi connectivity index (χ4n) is 4.42. The third kappa shape index (κ3) is 3.75. The summed E-state index contributed by atoms with van der Waals surface area (Å²) < 4.78 is 0. The molecular formula is C24H29N3O3. The first-order valence-corrected chi connectivity index (χ1v) is 10.6. The van der Waals surface area contributed by atoms with E-state index in [1.165, 1.54) is 11.6 Å². The summed E-state index contributed by atoms with van der Waals surface area (Å²) >= 11 is 0. The fourth-order valence-corrected chi connectivity index (χ4v) is 4.42. The molecule has 2 aromatic carbocycles. The third-order valence-electron chi connectivity index (χ3n) is 5.99. The number of carbonyl (C=O) groups excluding carboxylic acids is 1. The first-order chi connectivity index (χ1) is 14.5. The van der Waals surface area contributed by atoms with Gasteiger partial charge in [0, 0.05) is 42.5 Å². The van der Waals surface area contributed by atoms with Crippen LogP contribution >= 0.6 is 0 Å². The van der Waals surface area contributed by atoms with Gasteiger partial charge in [-0.25, -0.2) is 0 Å². The van der Waals surface area contributed by atoms with Crippen molar-refractivity contribution in [3.63, 3.8) is 0 Å². The molecule has 2 aromatic rings. The molecule has 1 amide bonds. The summed E-state index contributed by atoms with van der Waals surface area (Å²) in [6.07, 6.45) is 4.17. The van der Waals surface area contributed by atoms with Crippen molar-refractivity contribution in [1.82, 2.24) is 15.5 Å². The van der Waals surface area contributed by atoms with Gasteiger partial charge in [-0.3, -0.25) is 4.79 Å². The number of fused-ring (bicyclic) bond motifs is 3. The number of likely N-dealkylation sites (N-methyl/N-ethyl adjacent to an activating group) is 1. The van der Waals surface area contributed by atoms with Crippen molar-refractivity contribution >= 4 is 17.7 Å². The summed E-state index contributed by atoms with van der Waals surface area (Å²) in [7, 11) is 0. The van der Waals surface area contributed by atoms with Crippen LogP contribution in [-0.4, -0.2) is 47.2 Å². The van der Waals surface area contributed by atoms with E-state index in [0.29, 0.717) is 17.7 Å². The van der Waals surface area contributed by atoms with Crippen molar-refractivity contribution in [3.05, 3.63) is 58.1 Å². The van der Waals surface area contributed by atoms with Crippen molar-refractivity contribution in [2.75, 3.05) is 26.2 Å². The van der Waals surface area contributed by atoms with Crippen LogP contribution in [0.2, 0.25) is 0 Å². The minimum absolute atomic E-state index is 0.0655. The second kappa shape index (κ2) is 8.40. The molecule has 2 aliphatic rings. The number of aromatic hydroxyl groups is 2. The van der Waals surface area contributed by atoms with E-state index >= 15 is 0 Å². The number of nitrogens with one attached hydrogen (secondary N) is 2. The molecule has 6 heteroatoms. The van der Waals surface area contributed by atoms with Gasteiger partial charge >= 0.3 is 0 Å². The number of aryl methyl sites for hydroxylation is 1. The quantitative estimate of drug-likeness (QED) is 0.552. The molecule has 2 aliphatic heterocycles. The van der Waals surface area contributed by atoms with Crippen LogP contribution in [0.1, 0.15) is 58.4 Å². The Morgan fingerprint density at radius 3 is 2.80 bits per heavy atom. The van der Waals surface area contributed by atoms with Crippen molar-refractivity contribution in [2.24, 2.45) is 0 Å². The number of phenolic OH excluding ortho intramolecular Hbond substituents is 2. The van der Waals surface area contributed by atoms with Crippen LogP contribution < -0.4 is 10.6 Å². The van der Waals surface area contributed by atoms with E-state index in [-0.39, 0.29) is 23.4 Å². The lowest BCUT2D eigenvalue weighted by molar-refractivity contribution is 0.0954. The number of amides is 1. The highest BCUT2D eigenvalue weighted by molar-refractivity contribution is 5.96. The molecule has 0 spiro atoms. The number of nitrogens with zero attached hydrogens (tertiary/aromatic N) is 1. The lowest BCUT2D eigenvalue weighted by Gasteiger charge is -2.35. The molecule has 4 N–H and O–H groups in total. The van der Waals surface area contributed by atoms with Gasteiger partial charge in [-0.05, 0) is 67.3 Å². The van der Waals surface area contributed by atoms with Crippen LogP contribution in [0.3, 0.4) is 0 Å². The summed E-state index contributed by atoms with van der Waals surface area (Å²) in [5.74, 6) is 0.0705.